The molecule has 0 radical (unpaired) electrons. The van der Waals surface area contributed by atoms with Gasteiger partial charge in [-0.05, 0) is 19.3 Å². The molecule has 4 unspecified atom stereocenters. The largest absolute Gasteiger partial charge is 0.480 e. The zero-order valence-electron chi connectivity index (χ0n) is 15.1. The van der Waals surface area contributed by atoms with Crippen LogP contribution in [-0.4, -0.2) is 70.4 Å². The van der Waals surface area contributed by atoms with Gasteiger partial charge in [0.2, 0.25) is 17.7 Å². The van der Waals surface area contributed by atoms with Crippen LogP contribution >= 0.6 is 12.6 Å². The quantitative estimate of drug-likeness (QED) is 0.196. The van der Waals surface area contributed by atoms with Gasteiger partial charge in [0.1, 0.15) is 18.1 Å². The molecule has 0 fully saturated rings. The van der Waals surface area contributed by atoms with E-state index < -0.39 is 54.5 Å². The number of rotatable bonds is 11. The van der Waals surface area contributed by atoms with Gasteiger partial charge in [-0.1, -0.05) is 13.8 Å². The highest BCUT2D eigenvalue weighted by atomic mass is 32.1. The third-order valence-corrected chi connectivity index (χ3v) is 3.82. The molecule has 0 aromatic carbocycles. The molecule has 4 atom stereocenters. The number of aliphatic hydroxyl groups is 1. The fourth-order valence-corrected chi connectivity index (χ4v) is 2.09. The van der Waals surface area contributed by atoms with E-state index in [1.165, 1.54) is 6.92 Å². The number of thiol groups is 1. The SMILES string of the molecule is CC(C)CC(NC(=O)C(CO)NC(=O)C(C)NC(=O)C(N)CS)C(=O)O. The van der Waals surface area contributed by atoms with Crippen molar-refractivity contribution >= 4 is 36.3 Å². The van der Waals surface area contributed by atoms with Crippen LogP contribution in [0.1, 0.15) is 27.2 Å². The Morgan fingerprint density at radius 2 is 1.50 bits per heavy atom. The summed E-state index contributed by atoms with van der Waals surface area (Å²) < 4.78 is 0. The van der Waals surface area contributed by atoms with Crippen molar-refractivity contribution < 1.29 is 29.4 Å². The summed E-state index contributed by atoms with van der Waals surface area (Å²) >= 11 is 3.88. The summed E-state index contributed by atoms with van der Waals surface area (Å²) in [7, 11) is 0. The molecule has 0 saturated heterocycles. The van der Waals surface area contributed by atoms with Crippen molar-refractivity contribution in [3.63, 3.8) is 0 Å². The van der Waals surface area contributed by atoms with Crippen molar-refractivity contribution in [3.8, 4) is 0 Å². The van der Waals surface area contributed by atoms with E-state index >= 15 is 0 Å². The summed E-state index contributed by atoms with van der Waals surface area (Å²) in [5.74, 6) is -3.25. The van der Waals surface area contributed by atoms with E-state index in [1.54, 1.807) is 13.8 Å². The summed E-state index contributed by atoms with van der Waals surface area (Å²) in [4.78, 5) is 47.0. The first-order valence-electron chi connectivity index (χ1n) is 8.14. The molecule has 0 saturated carbocycles. The zero-order chi connectivity index (χ0) is 20.4. The molecule has 10 nitrogen and oxygen atoms in total. The Kier molecular flexibility index (Phi) is 10.9. The monoisotopic (exact) mass is 392 g/mol. The van der Waals surface area contributed by atoms with Gasteiger partial charge < -0.3 is 31.9 Å². The molecule has 0 rings (SSSR count). The molecule has 150 valence electrons. The molecular formula is C15H28N4O6S. The number of hydrogen-bond acceptors (Lipinski definition) is 7. The van der Waals surface area contributed by atoms with Crippen molar-refractivity contribution in [2.75, 3.05) is 12.4 Å². The van der Waals surface area contributed by atoms with Crippen molar-refractivity contribution in [1.82, 2.24) is 16.0 Å². The average Bonchev–Trinajstić information content (AvgIpc) is 2.56. The van der Waals surface area contributed by atoms with E-state index in [9.17, 15) is 24.3 Å². The Hall–Kier alpha value is -1.85. The second kappa shape index (κ2) is 11.7. The highest BCUT2D eigenvalue weighted by Gasteiger charge is 2.28. The molecule has 0 aromatic rings. The van der Waals surface area contributed by atoms with Gasteiger partial charge in [-0.25, -0.2) is 4.79 Å². The molecule has 7 N–H and O–H groups in total. The first kappa shape index (κ1) is 24.1. The first-order valence-corrected chi connectivity index (χ1v) is 8.77. The van der Waals surface area contributed by atoms with Crippen LogP contribution in [0.4, 0.5) is 0 Å². The minimum atomic E-state index is -1.35. The molecule has 0 spiro atoms. The van der Waals surface area contributed by atoms with Crippen molar-refractivity contribution in [2.45, 2.75) is 51.4 Å². The molecule has 0 bridgehead atoms. The van der Waals surface area contributed by atoms with Gasteiger partial charge >= 0.3 is 5.97 Å². The number of nitrogens with two attached hydrogens (primary N) is 1. The number of hydrogen-bond donors (Lipinski definition) is 7. The molecule has 0 aromatic heterocycles. The first-order chi connectivity index (χ1) is 12.0. The number of aliphatic hydroxyl groups excluding tert-OH is 1. The lowest BCUT2D eigenvalue weighted by atomic mass is 10.0. The van der Waals surface area contributed by atoms with E-state index in [0.717, 1.165) is 0 Å². The Bertz CT molecular complexity index is 516. The van der Waals surface area contributed by atoms with Gasteiger partial charge in [0.25, 0.3) is 0 Å². The van der Waals surface area contributed by atoms with Crippen molar-refractivity contribution in [3.05, 3.63) is 0 Å². The van der Waals surface area contributed by atoms with E-state index in [4.69, 9.17) is 10.8 Å². The Morgan fingerprint density at radius 3 is 1.92 bits per heavy atom. The van der Waals surface area contributed by atoms with Crippen LogP contribution in [0.3, 0.4) is 0 Å². The van der Waals surface area contributed by atoms with Crippen LogP contribution in [0.25, 0.3) is 0 Å². The van der Waals surface area contributed by atoms with Crippen LogP contribution in [0.15, 0.2) is 0 Å². The van der Waals surface area contributed by atoms with Gasteiger partial charge in [-0.2, -0.15) is 12.6 Å². The number of carboxylic acid groups (broad SMARTS) is 1. The maximum absolute atomic E-state index is 12.1. The minimum absolute atomic E-state index is 0.0184. The van der Waals surface area contributed by atoms with E-state index in [-0.39, 0.29) is 18.1 Å². The lowest BCUT2D eigenvalue weighted by Crippen LogP contribution is -2.57. The maximum Gasteiger partial charge on any atom is 0.326 e. The minimum Gasteiger partial charge on any atom is -0.480 e. The molecule has 3 amide bonds. The van der Waals surface area contributed by atoms with Crippen LogP contribution in [0.5, 0.6) is 0 Å². The fraction of sp³-hybridized carbons (Fsp3) is 0.733. The highest BCUT2D eigenvalue weighted by Crippen LogP contribution is 2.05. The van der Waals surface area contributed by atoms with E-state index in [2.05, 4.69) is 28.6 Å². The van der Waals surface area contributed by atoms with Gasteiger partial charge in [0.05, 0.1) is 12.6 Å². The maximum atomic E-state index is 12.1. The molecule has 0 aliphatic heterocycles. The average molecular weight is 392 g/mol. The number of carbonyl (C=O) groups is 4. The van der Waals surface area contributed by atoms with Crippen LogP contribution in [0, 0.1) is 5.92 Å². The summed E-state index contributed by atoms with van der Waals surface area (Å²) in [5, 5.41) is 25.4. The van der Waals surface area contributed by atoms with Gasteiger partial charge in [0, 0.05) is 5.75 Å². The second-order valence-corrected chi connectivity index (χ2v) is 6.66. The van der Waals surface area contributed by atoms with Crippen molar-refractivity contribution in [1.29, 1.82) is 0 Å². The number of nitrogens with one attached hydrogen (secondary N) is 3. The lowest BCUT2D eigenvalue weighted by molar-refractivity contribution is -0.143. The Labute approximate surface area is 157 Å². The lowest BCUT2D eigenvalue weighted by Gasteiger charge is -2.23. The molecule has 26 heavy (non-hydrogen) atoms. The van der Waals surface area contributed by atoms with Crippen LogP contribution in [0.2, 0.25) is 0 Å². The molecule has 11 heteroatoms. The zero-order valence-corrected chi connectivity index (χ0v) is 16.0. The molecular weight excluding hydrogens is 364 g/mol. The third-order valence-electron chi connectivity index (χ3n) is 3.42. The summed E-state index contributed by atoms with van der Waals surface area (Å²) in [6.07, 6.45) is 0.196. The Balaban J connectivity index is 4.80. The predicted octanol–water partition coefficient (Wildman–Crippen LogP) is -2.16. The topological polar surface area (TPSA) is 171 Å². The van der Waals surface area contributed by atoms with E-state index in [0.29, 0.717) is 0 Å². The Morgan fingerprint density at radius 1 is 0.962 bits per heavy atom. The fourth-order valence-electron chi connectivity index (χ4n) is 1.92. The van der Waals surface area contributed by atoms with Crippen molar-refractivity contribution in [2.24, 2.45) is 11.7 Å². The number of amides is 3. The molecule has 0 heterocycles. The summed E-state index contributed by atoms with van der Waals surface area (Å²) in [6, 6.07) is -4.40. The number of aliphatic carboxylic acids is 1. The van der Waals surface area contributed by atoms with Gasteiger partial charge in [-0.15, -0.1) is 0 Å². The van der Waals surface area contributed by atoms with Gasteiger partial charge in [0.15, 0.2) is 0 Å². The third kappa shape index (κ3) is 8.50. The van der Waals surface area contributed by atoms with Gasteiger partial charge in [-0.3, -0.25) is 14.4 Å². The summed E-state index contributed by atoms with van der Waals surface area (Å²) in [5.41, 5.74) is 5.48. The standard InChI is InChI=1S/C15H28N4O6S/c1-7(2)4-10(15(24)25)18-14(23)11(5-20)19-12(21)8(3)17-13(22)9(16)6-26/h7-11,20,26H,4-6,16H2,1-3H3,(H,17,22)(H,18,23)(H,19,21)(H,24,25). The van der Waals surface area contributed by atoms with Crippen LogP contribution in [-0.2, 0) is 19.2 Å². The number of carboxylic acids is 1. The smallest absolute Gasteiger partial charge is 0.326 e. The second-order valence-electron chi connectivity index (χ2n) is 6.29. The normalized spacial score (nSPS) is 15.5. The predicted molar refractivity (Wildman–Crippen MR) is 97.5 cm³/mol. The summed E-state index contributed by atoms with van der Waals surface area (Å²) in [6.45, 7) is 4.24. The van der Waals surface area contributed by atoms with Crippen LogP contribution < -0.4 is 21.7 Å². The highest BCUT2D eigenvalue weighted by molar-refractivity contribution is 7.80. The molecule has 0 aliphatic carbocycles. The molecule has 0 aliphatic rings. The number of carbonyl (C=O) groups excluding carboxylic acids is 3. The van der Waals surface area contributed by atoms with E-state index in [1.807, 2.05) is 0 Å².